The Morgan fingerprint density at radius 2 is 1.80 bits per heavy atom. The van der Waals surface area contributed by atoms with Crippen LogP contribution in [0.3, 0.4) is 0 Å². The number of hydrogen-bond donors (Lipinski definition) is 0. The number of rotatable bonds is 2. The van der Waals surface area contributed by atoms with Crippen LogP contribution in [-0.2, 0) is 5.41 Å². The van der Waals surface area contributed by atoms with Gasteiger partial charge in [-0.05, 0) is 5.92 Å². The van der Waals surface area contributed by atoms with Gasteiger partial charge in [0.1, 0.15) is 11.4 Å². The lowest BCUT2D eigenvalue weighted by atomic mass is 9.91. The van der Waals surface area contributed by atoms with Crippen LogP contribution in [0, 0.1) is 0 Å². The molecule has 1 rings (SSSR count). The molecule has 84 valence electrons. The summed E-state index contributed by atoms with van der Waals surface area (Å²) in [5.41, 5.74) is 1.85. The third-order valence-corrected chi connectivity index (χ3v) is 2.30. The van der Waals surface area contributed by atoms with Gasteiger partial charge in [0.15, 0.2) is 0 Å². The lowest BCUT2D eigenvalue weighted by molar-refractivity contribution is 0.387. The predicted molar refractivity (Wildman–Crippen MR) is 61.4 cm³/mol. The Hall–Kier alpha value is -1.12. The molecule has 0 aliphatic carbocycles. The highest BCUT2D eigenvalue weighted by Gasteiger charge is 2.22. The Balaban J connectivity index is 3.21. The molecule has 0 aliphatic rings. The van der Waals surface area contributed by atoms with E-state index in [1.165, 1.54) is 0 Å². The Kier molecular flexibility index (Phi) is 3.32. The van der Waals surface area contributed by atoms with Gasteiger partial charge < -0.3 is 4.74 Å². The van der Waals surface area contributed by atoms with Crippen molar-refractivity contribution in [3.8, 4) is 5.75 Å². The van der Waals surface area contributed by atoms with Crippen molar-refractivity contribution in [3.63, 3.8) is 0 Å². The second-order valence-corrected chi connectivity index (χ2v) is 5.09. The third kappa shape index (κ3) is 2.67. The fraction of sp³-hybridized carbons (Fsp3) is 0.667. The second-order valence-electron chi connectivity index (χ2n) is 5.09. The molecule has 0 spiro atoms. The lowest BCUT2D eigenvalue weighted by Crippen LogP contribution is -2.17. The molecule has 1 aromatic heterocycles. The molecule has 1 aromatic rings. The van der Waals surface area contributed by atoms with Crippen LogP contribution in [0.5, 0.6) is 5.75 Å². The second kappa shape index (κ2) is 4.17. The zero-order valence-electron chi connectivity index (χ0n) is 10.5. The predicted octanol–water partition coefficient (Wildman–Crippen LogP) is 2.91. The standard InChI is InChI=1S/C12H20N2O/c1-8(2)9-7-10(15-6)11(14-13-9)12(3,4)5/h7-8H,1-6H3. The highest BCUT2D eigenvalue weighted by Crippen LogP contribution is 2.30. The van der Waals surface area contributed by atoms with E-state index < -0.39 is 0 Å². The summed E-state index contributed by atoms with van der Waals surface area (Å²) >= 11 is 0. The summed E-state index contributed by atoms with van der Waals surface area (Å²) in [5.74, 6) is 1.21. The van der Waals surface area contributed by atoms with Gasteiger partial charge >= 0.3 is 0 Å². The van der Waals surface area contributed by atoms with E-state index in [4.69, 9.17) is 4.74 Å². The maximum absolute atomic E-state index is 5.36. The summed E-state index contributed by atoms with van der Waals surface area (Å²) < 4.78 is 5.36. The first-order valence-electron chi connectivity index (χ1n) is 5.28. The van der Waals surface area contributed by atoms with Crippen LogP contribution in [0.25, 0.3) is 0 Å². The van der Waals surface area contributed by atoms with E-state index >= 15 is 0 Å². The Morgan fingerprint density at radius 3 is 2.20 bits per heavy atom. The number of ether oxygens (including phenoxy) is 1. The summed E-state index contributed by atoms with van der Waals surface area (Å²) in [6.07, 6.45) is 0. The third-order valence-electron chi connectivity index (χ3n) is 2.30. The van der Waals surface area contributed by atoms with Crippen LogP contribution in [0.4, 0.5) is 0 Å². The van der Waals surface area contributed by atoms with Crippen molar-refractivity contribution in [2.45, 2.75) is 46.0 Å². The molecule has 0 bridgehead atoms. The number of aromatic nitrogens is 2. The van der Waals surface area contributed by atoms with E-state index in [1.807, 2.05) is 6.07 Å². The largest absolute Gasteiger partial charge is 0.495 e. The maximum Gasteiger partial charge on any atom is 0.144 e. The first-order chi connectivity index (χ1) is 6.86. The van der Waals surface area contributed by atoms with E-state index in [0.29, 0.717) is 5.92 Å². The van der Waals surface area contributed by atoms with Gasteiger partial charge in [0.2, 0.25) is 0 Å². The molecule has 3 nitrogen and oxygen atoms in total. The van der Waals surface area contributed by atoms with Crippen LogP contribution in [0.1, 0.15) is 51.9 Å². The fourth-order valence-electron chi connectivity index (χ4n) is 1.35. The summed E-state index contributed by atoms with van der Waals surface area (Å²) in [4.78, 5) is 0. The molecule has 0 aromatic carbocycles. The molecule has 0 N–H and O–H groups in total. The van der Waals surface area contributed by atoms with Crippen LogP contribution >= 0.6 is 0 Å². The van der Waals surface area contributed by atoms with E-state index in [1.54, 1.807) is 7.11 Å². The van der Waals surface area contributed by atoms with Crippen molar-refractivity contribution in [1.29, 1.82) is 0 Å². The van der Waals surface area contributed by atoms with Crippen LogP contribution < -0.4 is 4.74 Å². The lowest BCUT2D eigenvalue weighted by Gasteiger charge is -2.20. The van der Waals surface area contributed by atoms with Crippen LogP contribution in [0.15, 0.2) is 6.07 Å². The van der Waals surface area contributed by atoms with Gasteiger partial charge in [-0.15, -0.1) is 0 Å². The zero-order chi connectivity index (χ0) is 11.6. The van der Waals surface area contributed by atoms with Gasteiger partial charge in [-0.2, -0.15) is 10.2 Å². The Labute approximate surface area is 91.9 Å². The number of nitrogens with zero attached hydrogens (tertiary/aromatic N) is 2. The SMILES string of the molecule is COc1cc(C(C)C)nnc1C(C)(C)C. The van der Waals surface area contributed by atoms with Gasteiger partial charge in [-0.25, -0.2) is 0 Å². The van der Waals surface area contributed by atoms with Gasteiger partial charge in [0, 0.05) is 11.5 Å². The van der Waals surface area contributed by atoms with Gasteiger partial charge in [-0.1, -0.05) is 34.6 Å². The Morgan fingerprint density at radius 1 is 1.20 bits per heavy atom. The average Bonchev–Trinajstić information content (AvgIpc) is 2.15. The minimum absolute atomic E-state index is 0.0339. The quantitative estimate of drug-likeness (QED) is 0.749. The first-order valence-corrected chi connectivity index (χ1v) is 5.28. The molecule has 0 radical (unpaired) electrons. The van der Waals surface area contributed by atoms with Crippen molar-refractivity contribution < 1.29 is 4.74 Å². The molecule has 1 heterocycles. The normalized spacial score (nSPS) is 11.9. The Bertz CT molecular complexity index is 340. The zero-order valence-corrected chi connectivity index (χ0v) is 10.5. The molecule has 0 atom stereocenters. The molecule has 3 heteroatoms. The molecular weight excluding hydrogens is 188 g/mol. The molecule has 0 saturated carbocycles. The van der Waals surface area contributed by atoms with E-state index in [9.17, 15) is 0 Å². The minimum Gasteiger partial charge on any atom is -0.495 e. The summed E-state index contributed by atoms with van der Waals surface area (Å²) in [5, 5.41) is 8.49. The maximum atomic E-state index is 5.36. The van der Waals surface area contributed by atoms with Gasteiger partial charge in [-0.3, -0.25) is 0 Å². The summed E-state index contributed by atoms with van der Waals surface area (Å²) in [6, 6.07) is 1.98. The van der Waals surface area contributed by atoms with Crippen LogP contribution in [-0.4, -0.2) is 17.3 Å². The molecule has 0 fully saturated rings. The summed E-state index contributed by atoms with van der Waals surface area (Å²) in [7, 11) is 1.68. The fourth-order valence-corrected chi connectivity index (χ4v) is 1.35. The molecule has 0 saturated heterocycles. The number of methoxy groups -OCH3 is 1. The van der Waals surface area contributed by atoms with Crippen molar-refractivity contribution in [2.75, 3.05) is 7.11 Å². The smallest absolute Gasteiger partial charge is 0.144 e. The van der Waals surface area contributed by atoms with Crippen molar-refractivity contribution >= 4 is 0 Å². The van der Waals surface area contributed by atoms with Crippen molar-refractivity contribution in [3.05, 3.63) is 17.5 Å². The van der Waals surface area contributed by atoms with E-state index in [0.717, 1.165) is 17.1 Å². The van der Waals surface area contributed by atoms with Crippen LogP contribution in [0.2, 0.25) is 0 Å². The molecule has 0 amide bonds. The average molecular weight is 208 g/mol. The van der Waals surface area contributed by atoms with E-state index in [-0.39, 0.29) is 5.41 Å². The van der Waals surface area contributed by atoms with Gasteiger partial charge in [0.25, 0.3) is 0 Å². The highest BCUT2D eigenvalue weighted by molar-refractivity contribution is 5.33. The van der Waals surface area contributed by atoms with E-state index in [2.05, 4.69) is 44.8 Å². The molecular formula is C12H20N2O. The molecule has 0 aliphatic heterocycles. The van der Waals surface area contributed by atoms with Crippen molar-refractivity contribution in [2.24, 2.45) is 0 Å². The van der Waals surface area contributed by atoms with Crippen molar-refractivity contribution in [1.82, 2.24) is 10.2 Å². The summed E-state index contributed by atoms with van der Waals surface area (Å²) in [6.45, 7) is 10.5. The molecule has 15 heavy (non-hydrogen) atoms. The topological polar surface area (TPSA) is 35.0 Å². The van der Waals surface area contributed by atoms with Gasteiger partial charge in [0.05, 0.1) is 12.8 Å². The number of hydrogen-bond acceptors (Lipinski definition) is 3. The highest BCUT2D eigenvalue weighted by atomic mass is 16.5. The first kappa shape index (κ1) is 12.0. The monoisotopic (exact) mass is 208 g/mol. The minimum atomic E-state index is -0.0339. The molecule has 0 unspecified atom stereocenters.